The number of amides is 1. The number of carbonyl (C=O) groups is 1. The Labute approximate surface area is 182 Å². The predicted molar refractivity (Wildman–Crippen MR) is 109 cm³/mol. The number of benzene rings is 2. The lowest BCUT2D eigenvalue weighted by molar-refractivity contribution is 0.102. The van der Waals surface area contributed by atoms with Crippen molar-refractivity contribution in [2.75, 3.05) is 5.32 Å². The van der Waals surface area contributed by atoms with Crippen molar-refractivity contribution in [2.24, 2.45) is 0 Å². The number of carbonyl (C=O) groups excluding carboxylic acids is 1. The van der Waals surface area contributed by atoms with Crippen molar-refractivity contribution in [2.45, 2.75) is 13.5 Å². The molecule has 0 unspecified atom stereocenters. The second-order valence-corrected chi connectivity index (χ2v) is 7.46. The zero-order chi connectivity index (χ0) is 22.1. The molecule has 0 bridgehead atoms. The van der Waals surface area contributed by atoms with Gasteiger partial charge in [-0.3, -0.25) is 9.48 Å². The van der Waals surface area contributed by atoms with Crippen LogP contribution in [0.1, 0.15) is 21.7 Å². The average Bonchev–Trinajstić information content (AvgIpc) is 3.28. The van der Waals surface area contributed by atoms with Crippen LogP contribution in [0.15, 0.2) is 53.1 Å². The standard InChI is InChI=1S/C20H14BrF3N6O/c1-11-18(26-28-30(11)13-6-7-16(23)17(24)8-13)20(31)25-19-14(21)10-29(27-19)9-12-4-2-3-5-15(12)22/h2-8,10H,9H2,1H3,(H,25,27,31). The molecule has 0 aliphatic rings. The van der Waals surface area contributed by atoms with E-state index >= 15 is 0 Å². The summed E-state index contributed by atoms with van der Waals surface area (Å²) in [5, 5.41) is 14.6. The first-order valence-corrected chi connectivity index (χ1v) is 9.78. The summed E-state index contributed by atoms with van der Waals surface area (Å²) in [6.07, 6.45) is 1.60. The number of hydrogen-bond acceptors (Lipinski definition) is 4. The van der Waals surface area contributed by atoms with E-state index in [-0.39, 0.29) is 29.6 Å². The van der Waals surface area contributed by atoms with Crippen LogP contribution in [-0.4, -0.2) is 30.7 Å². The Morgan fingerprint density at radius 3 is 2.61 bits per heavy atom. The van der Waals surface area contributed by atoms with Gasteiger partial charge in [0.1, 0.15) is 5.82 Å². The van der Waals surface area contributed by atoms with Crippen molar-refractivity contribution in [3.8, 4) is 5.69 Å². The summed E-state index contributed by atoms with van der Waals surface area (Å²) >= 11 is 3.32. The number of hydrogen-bond donors (Lipinski definition) is 1. The number of anilines is 1. The molecule has 0 spiro atoms. The number of nitrogens with zero attached hydrogens (tertiary/aromatic N) is 5. The molecule has 0 saturated carbocycles. The molecule has 0 aliphatic carbocycles. The van der Waals surface area contributed by atoms with E-state index in [0.29, 0.717) is 15.7 Å². The summed E-state index contributed by atoms with van der Waals surface area (Å²) in [6.45, 7) is 1.74. The van der Waals surface area contributed by atoms with Crippen LogP contribution in [0.25, 0.3) is 5.69 Å². The highest BCUT2D eigenvalue weighted by Crippen LogP contribution is 2.23. The molecule has 2 aromatic carbocycles. The molecular formula is C20H14BrF3N6O. The molecule has 2 heterocycles. The van der Waals surface area contributed by atoms with Gasteiger partial charge in [0.05, 0.1) is 22.4 Å². The third-order valence-corrected chi connectivity index (χ3v) is 5.08. The van der Waals surface area contributed by atoms with E-state index in [1.165, 1.54) is 21.5 Å². The first-order valence-electron chi connectivity index (χ1n) is 8.99. The van der Waals surface area contributed by atoms with E-state index in [0.717, 1.165) is 12.1 Å². The van der Waals surface area contributed by atoms with Gasteiger partial charge in [0.25, 0.3) is 5.91 Å². The first kappa shape index (κ1) is 20.8. The van der Waals surface area contributed by atoms with Gasteiger partial charge in [-0.25, -0.2) is 17.9 Å². The molecule has 1 amide bonds. The summed E-state index contributed by atoms with van der Waals surface area (Å²) in [5.74, 6) is -2.77. The molecule has 4 rings (SSSR count). The van der Waals surface area contributed by atoms with Crippen LogP contribution in [0.2, 0.25) is 0 Å². The molecule has 0 fully saturated rings. The van der Waals surface area contributed by atoms with Gasteiger partial charge < -0.3 is 5.32 Å². The van der Waals surface area contributed by atoms with Crippen LogP contribution in [0.3, 0.4) is 0 Å². The average molecular weight is 491 g/mol. The van der Waals surface area contributed by atoms with Gasteiger partial charge in [-0.1, -0.05) is 23.4 Å². The Bertz CT molecular complexity index is 1290. The zero-order valence-corrected chi connectivity index (χ0v) is 17.6. The highest BCUT2D eigenvalue weighted by atomic mass is 79.9. The van der Waals surface area contributed by atoms with E-state index in [9.17, 15) is 18.0 Å². The van der Waals surface area contributed by atoms with Crippen LogP contribution < -0.4 is 5.32 Å². The summed E-state index contributed by atoms with van der Waals surface area (Å²) in [7, 11) is 0. The van der Waals surface area contributed by atoms with Crippen molar-refractivity contribution in [3.63, 3.8) is 0 Å². The Morgan fingerprint density at radius 2 is 1.87 bits per heavy atom. The monoisotopic (exact) mass is 490 g/mol. The maximum absolute atomic E-state index is 13.9. The maximum atomic E-state index is 13.9. The van der Waals surface area contributed by atoms with Crippen LogP contribution >= 0.6 is 15.9 Å². The molecule has 0 atom stereocenters. The van der Waals surface area contributed by atoms with Crippen molar-refractivity contribution in [3.05, 3.63) is 87.5 Å². The summed E-state index contributed by atoms with van der Waals surface area (Å²) < 4.78 is 43.7. The fourth-order valence-corrected chi connectivity index (χ4v) is 3.35. The number of nitrogens with one attached hydrogen (secondary N) is 1. The second kappa shape index (κ2) is 8.34. The van der Waals surface area contributed by atoms with Crippen LogP contribution in [-0.2, 0) is 6.54 Å². The van der Waals surface area contributed by atoms with Gasteiger partial charge in [0.15, 0.2) is 23.1 Å². The molecule has 0 saturated heterocycles. The molecule has 158 valence electrons. The van der Waals surface area contributed by atoms with E-state index in [1.807, 2.05) is 0 Å². The predicted octanol–water partition coefficient (Wildman–Crippen LogP) is 4.25. The largest absolute Gasteiger partial charge is 0.303 e. The first-order chi connectivity index (χ1) is 14.8. The van der Waals surface area contributed by atoms with Gasteiger partial charge >= 0.3 is 0 Å². The third-order valence-electron chi connectivity index (χ3n) is 4.50. The van der Waals surface area contributed by atoms with Gasteiger partial charge in [0.2, 0.25) is 0 Å². The molecule has 1 N–H and O–H groups in total. The van der Waals surface area contributed by atoms with Crippen molar-refractivity contribution >= 4 is 27.7 Å². The van der Waals surface area contributed by atoms with Gasteiger partial charge in [-0.2, -0.15) is 5.10 Å². The smallest absolute Gasteiger partial charge is 0.279 e. The van der Waals surface area contributed by atoms with Crippen LogP contribution in [0.4, 0.5) is 19.0 Å². The van der Waals surface area contributed by atoms with Crippen LogP contribution in [0, 0.1) is 24.4 Å². The Kier molecular flexibility index (Phi) is 5.59. The Hall–Kier alpha value is -3.47. The van der Waals surface area contributed by atoms with E-state index in [2.05, 4.69) is 36.7 Å². The molecule has 7 nitrogen and oxygen atoms in total. The van der Waals surface area contributed by atoms with E-state index in [4.69, 9.17) is 0 Å². The second-order valence-electron chi connectivity index (χ2n) is 6.60. The zero-order valence-electron chi connectivity index (χ0n) is 16.0. The topological polar surface area (TPSA) is 77.6 Å². The van der Waals surface area contributed by atoms with Crippen LogP contribution in [0.5, 0.6) is 0 Å². The quantitative estimate of drug-likeness (QED) is 0.453. The van der Waals surface area contributed by atoms with E-state index < -0.39 is 17.5 Å². The molecule has 11 heteroatoms. The number of rotatable bonds is 5. The SMILES string of the molecule is Cc1c(C(=O)Nc2nn(Cc3ccccc3F)cc2Br)nnn1-c1ccc(F)c(F)c1. The van der Waals surface area contributed by atoms with Gasteiger partial charge in [-0.15, -0.1) is 5.10 Å². The molecule has 2 aromatic heterocycles. The van der Waals surface area contributed by atoms with E-state index in [1.54, 1.807) is 31.3 Å². The molecule has 31 heavy (non-hydrogen) atoms. The normalized spacial score (nSPS) is 11.0. The number of halogens is 4. The Balaban J connectivity index is 1.54. The Morgan fingerprint density at radius 1 is 1.10 bits per heavy atom. The fraction of sp³-hybridized carbons (Fsp3) is 0.100. The maximum Gasteiger partial charge on any atom is 0.279 e. The van der Waals surface area contributed by atoms with Crippen molar-refractivity contribution in [1.82, 2.24) is 24.8 Å². The van der Waals surface area contributed by atoms with Gasteiger partial charge in [0, 0.05) is 17.8 Å². The molecule has 0 radical (unpaired) electrons. The lowest BCUT2D eigenvalue weighted by Crippen LogP contribution is -2.15. The highest BCUT2D eigenvalue weighted by molar-refractivity contribution is 9.10. The summed E-state index contributed by atoms with van der Waals surface area (Å²) in [6, 6.07) is 9.56. The molecule has 0 aliphatic heterocycles. The minimum absolute atomic E-state index is 0.0136. The minimum Gasteiger partial charge on any atom is -0.303 e. The highest BCUT2D eigenvalue weighted by Gasteiger charge is 2.20. The summed E-state index contributed by atoms with van der Waals surface area (Å²) in [5.41, 5.74) is 0.977. The molecular weight excluding hydrogens is 477 g/mol. The number of aromatic nitrogens is 5. The van der Waals surface area contributed by atoms with Crippen molar-refractivity contribution in [1.29, 1.82) is 0 Å². The summed E-state index contributed by atoms with van der Waals surface area (Å²) in [4.78, 5) is 12.7. The third kappa shape index (κ3) is 4.22. The van der Waals surface area contributed by atoms with Crippen molar-refractivity contribution < 1.29 is 18.0 Å². The van der Waals surface area contributed by atoms with Gasteiger partial charge in [-0.05, 0) is 41.1 Å². The minimum atomic E-state index is -1.04. The lowest BCUT2D eigenvalue weighted by atomic mass is 10.2. The molecule has 4 aromatic rings. The lowest BCUT2D eigenvalue weighted by Gasteiger charge is -2.05. The fourth-order valence-electron chi connectivity index (χ4n) is 2.93.